The van der Waals surface area contributed by atoms with Crippen LogP contribution in [0.15, 0.2) is 77.7 Å². The summed E-state index contributed by atoms with van der Waals surface area (Å²) in [5.41, 5.74) is 1.90. The maximum absolute atomic E-state index is 13.5. The maximum atomic E-state index is 13.5. The number of amides is 2. The van der Waals surface area contributed by atoms with Gasteiger partial charge in [0.05, 0.1) is 28.9 Å². The van der Waals surface area contributed by atoms with Crippen molar-refractivity contribution in [1.29, 1.82) is 0 Å². The van der Waals surface area contributed by atoms with Crippen LogP contribution in [0.3, 0.4) is 0 Å². The number of aryl methyl sites for hydroxylation is 1. The number of hydrogen-bond donors (Lipinski definition) is 2. The van der Waals surface area contributed by atoms with Crippen molar-refractivity contribution in [3.8, 4) is 5.75 Å². The van der Waals surface area contributed by atoms with Crippen LogP contribution in [0.5, 0.6) is 5.75 Å². The van der Waals surface area contributed by atoms with Crippen molar-refractivity contribution in [2.75, 3.05) is 29.8 Å². The van der Waals surface area contributed by atoms with Gasteiger partial charge in [-0.25, -0.2) is 8.42 Å². The Labute approximate surface area is 206 Å². The Balaban J connectivity index is 1.91. The van der Waals surface area contributed by atoms with Gasteiger partial charge in [-0.1, -0.05) is 36.8 Å². The van der Waals surface area contributed by atoms with E-state index in [1.54, 1.807) is 60.7 Å². The highest BCUT2D eigenvalue weighted by molar-refractivity contribution is 7.92. The first-order chi connectivity index (χ1) is 16.8. The standard InChI is InChI=1S/C26H29N3O5S/c1-4-17-27-26(31)23-7-5-6-8-24(23)28-25(30)18-29(20-11-9-19(2)10-12-20)35(32,33)22-15-13-21(34-3)14-16-22/h5-16H,4,17-18H2,1-3H3,(H,27,31)(H,28,30). The summed E-state index contributed by atoms with van der Waals surface area (Å²) >= 11 is 0. The number of carbonyl (C=O) groups excluding carboxylic acids is 2. The Hall–Kier alpha value is -3.85. The monoisotopic (exact) mass is 495 g/mol. The van der Waals surface area contributed by atoms with Crippen LogP contribution in [0.2, 0.25) is 0 Å². The van der Waals surface area contributed by atoms with Gasteiger partial charge in [0.15, 0.2) is 0 Å². The molecule has 0 aliphatic rings. The lowest BCUT2D eigenvalue weighted by Gasteiger charge is -2.24. The average molecular weight is 496 g/mol. The molecule has 0 spiro atoms. The molecule has 0 aliphatic carbocycles. The zero-order valence-electron chi connectivity index (χ0n) is 19.9. The van der Waals surface area contributed by atoms with Gasteiger partial charge in [0.2, 0.25) is 5.91 Å². The molecule has 8 nitrogen and oxygen atoms in total. The smallest absolute Gasteiger partial charge is 0.264 e. The van der Waals surface area contributed by atoms with E-state index >= 15 is 0 Å². The first-order valence-corrected chi connectivity index (χ1v) is 12.6. The van der Waals surface area contributed by atoms with Crippen molar-refractivity contribution in [3.05, 3.63) is 83.9 Å². The Morgan fingerprint density at radius 1 is 0.943 bits per heavy atom. The fourth-order valence-corrected chi connectivity index (χ4v) is 4.77. The number of methoxy groups -OCH3 is 1. The largest absolute Gasteiger partial charge is 0.497 e. The molecule has 0 aromatic heterocycles. The van der Waals surface area contributed by atoms with Gasteiger partial charge in [0.25, 0.3) is 15.9 Å². The van der Waals surface area contributed by atoms with Gasteiger partial charge >= 0.3 is 0 Å². The highest BCUT2D eigenvalue weighted by atomic mass is 32.2. The topological polar surface area (TPSA) is 105 Å². The number of para-hydroxylation sites is 1. The molecule has 35 heavy (non-hydrogen) atoms. The fraction of sp³-hybridized carbons (Fsp3) is 0.231. The van der Waals surface area contributed by atoms with Crippen LogP contribution in [0.1, 0.15) is 29.3 Å². The zero-order chi connectivity index (χ0) is 25.4. The number of nitrogens with zero attached hydrogens (tertiary/aromatic N) is 1. The van der Waals surface area contributed by atoms with E-state index in [-0.39, 0.29) is 10.8 Å². The number of ether oxygens (including phenoxy) is 1. The molecule has 0 fully saturated rings. The summed E-state index contributed by atoms with van der Waals surface area (Å²) in [5.74, 6) is -0.385. The highest BCUT2D eigenvalue weighted by Gasteiger charge is 2.28. The lowest BCUT2D eigenvalue weighted by Crippen LogP contribution is -2.38. The van der Waals surface area contributed by atoms with Crippen molar-refractivity contribution in [2.24, 2.45) is 0 Å². The summed E-state index contributed by atoms with van der Waals surface area (Å²) < 4.78 is 33.2. The van der Waals surface area contributed by atoms with E-state index in [9.17, 15) is 18.0 Å². The highest BCUT2D eigenvalue weighted by Crippen LogP contribution is 2.26. The van der Waals surface area contributed by atoms with Gasteiger partial charge in [-0.15, -0.1) is 0 Å². The minimum atomic E-state index is -4.08. The predicted molar refractivity (Wildman–Crippen MR) is 136 cm³/mol. The number of nitrogens with one attached hydrogen (secondary N) is 2. The molecule has 0 heterocycles. The summed E-state index contributed by atoms with van der Waals surface area (Å²) in [7, 11) is -2.59. The Kier molecular flexibility index (Phi) is 8.48. The van der Waals surface area contributed by atoms with Crippen molar-refractivity contribution in [3.63, 3.8) is 0 Å². The Morgan fingerprint density at radius 3 is 2.23 bits per heavy atom. The van der Waals surface area contributed by atoms with Crippen LogP contribution in [-0.2, 0) is 14.8 Å². The summed E-state index contributed by atoms with van der Waals surface area (Å²) in [4.78, 5) is 25.6. The quantitative estimate of drug-likeness (QED) is 0.443. The minimum absolute atomic E-state index is 0.0195. The molecule has 0 atom stereocenters. The molecule has 9 heteroatoms. The van der Waals surface area contributed by atoms with E-state index in [4.69, 9.17) is 4.74 Å². The third-order valence-corrected chi connectivity index (χ3v) is 7.03. The third kappa shape index (κ3) is 6.39. The van der Waals surface area contributed by atoms with E-state index in [0.29, 0.717) is 29.2 Å². The first kappa shape index (κ1) is 25.8. The number of rotatable bonds is 10. The van der Waals surface area contributed by atoms with E-state index in [1.165, 1.54) is 19.2 Å². The van der Waals surface area contributed by atoms with E-state index < -0.39 is 22.5 Å². The molecule has 0 bridgehead atoms. The summed E-state index contributed by atoms with van der Waals surface area (Å²) in [6.45, 7) is 3.85. The summed E-state index contributed by atoms with van der Waals surface area (Å²) in [6, 6.07) is 19.4. The van der Waals surface area contributed by atoms with Crippen molar-refractivity contribution in [1.82, 2.24) is 5.32 Å². The third-order valence-electron chi connectivity index (χ3n) is 5.24. The number of anilines is 2. The first-order valence-electron chi connectivity index (χ1n) is 11.2. The summed E-state index contributed by atoms with van der Waals surface area (Å²) in [6.07, 6.45) is 0.773. The Morgan fingerprint density at radius 2 is 1.60 bits per heavy atom. The van der Waals surface area contributed by atoms with Crippen LogP contribution >= 0.6 is 0 Å². The number of sulfonamides is 1. The molecule has 2 N–H and O–H groups in total. The lowest BCUT2D eigenvalue weighted by molar-refractivity contribution is -0.114. The SMILES string of the molecule is CCCNC(=O)c1ccccc1NC(=O)CN(c1ccc(C)cc1)S(=O)(=O)c1ccc(OC)cc1. The number of hydrogen-bond acceptors (Lipinski definition) is 5. The number of carbonyl (C=O) groups is 2. The van der Waals surface area contributed by atoms with Gasteiger partial charge < -0.3 is 15.4 Å². The van der Waals surface area contributed by atoms with Gasteiger partial charge in [-0.2, -0.15) is 0 Å². The van der Waals surface area contributed by atoms with E-state index in [1.807, 2.05) is 13.8 Å². The molecule has 0 aliphatic heterocycles. The van der Waals surface area contributed by atoms with Crippen LogP contribution in [0.25, 0.3) is 0 Å². The molecule has 3 aromatic rings. The second-order valence-electron chi connectivity index (χ2n) is 7.87. The lowest BCUT2D eigenvalue weighted by atomic mass is 10.1. The van der Waals surface area contributed by atoms with Crippen molar-refractivity contribution < 1.29 is 22.7 Å². The van der Waals surface area contributed by atoms with Crippen LogP contribution in [0.4, 0.5) is 11.4 Å². The Bertz CT molecular complexity index is 1270. The van der Waals surface area contributed by atoms with Crippen molar-refractivity contribution in [2.45, 2.75) is 25.2 Å². The van der Waals surface area contributed by atoms with Crippen LogP contribution in [0, 0.1) is 6.92 Å². The molecule has 0 unspecified atom stereocenters. The molecule has 0 radical (unpaired) electrons. The second kappa shape index (κ2) is 11.5. The fourth-order valence-electron chi connectivity index (χ4n) is 3.35. The molecule has 3 aromatic carbocycles. The normalized spacial score (nSPS) is 10.9. The zero-order valence-corrected chi connectivity index (χ0v) is 20.8. The molecular weight excluding hydrogens is 466 g/mol. The van der Waals surface area contributed by atoms with Crippen LogP contribution in [-0.4, -0.2) is 40.4 Å². The van der Waals surface area contributed by atoms with Gasteiger partial charge in [-0.05, 0) is 61.9 Å². The minimum Gasteiger partial charge on any atom is -0.497 e. The van der Waals surface area contributed by atoms with E-state index in [2.05, 4.69) is 10.6 Å². The molecule has 0 saturated carbocycles. The van der Waals surface area contributed by atoms with Gasteiger partial charge in [0.1, 0.15) is 12.3 Å². The molecule has 2 amide bonds. The van der Waals surface area contributed by atoms with Gasteiger partial charge in [0, 0.05) is 6.54 Å². The second-order valence-corrected chi connectivity index (χ2v) is 9.73. The van der Waals surface area contributed by atoms with Gasteiger partial charge in [-0.3, -0.25) is 13.9 Å². The molecular formula is C26H29N3O5S. The maximum Gasteiger partial charge on any atom is 0.264 e. The van der Waals surface area contributed by atoms with Crippen LogP contribution < -0.4 is 19.7 Å². The van der Waals surface area contributed by atoms with Crippen molar-refractivity contribution >= 4 is 33.2 Å². The molecule has 0 saturated heterocycles. The average Bonchev–Trinajstić information content (AvgIpc) is 2.86. The summed E-state index contributed by atoms with van der Waals surface area (Å²) in [5, 5.41) is 5.48. The molecule has 184 valence electrons. The number of benzene rings is 3. The predicted octanol–water partition coefficient (Wildman–Crippen LogP) is 3.98. The van der Waals surface area contributed by atoms with E-state index in [0.717, 1.165) is 16.3 Å². The molecule has 3 rings (SSSR count).